The number of ether oxygens (including phenoxy) is 1. The molecule has 2 heterocycles. The van der Waals surface area contributed by atoms with E-state index in [2.05, 4.69) is 10.2 Å². The molecule has 160 valence electrons. The minimum atomic E-state index is -0.579. The molecule has 5 nitrogen and oxygen atoms in total. The summed E-state index contributed by atoms with van der Waals surface area (Å²) in [6.07, 6.45) is 7.23. The quantitative estimate of drug-likeness (QED) is 0.815. The van der Waals surface area contributed by atoms with Crippen molar-refractivity contribution >= 4 is 11.6 Å². The highest BCUT2D eigenvalue weighted by Gasteiger charge is 2.39. The summed E-state index contributed by atoms with van der Waals surface area (Å²) in [7, 11) is 0. The predicted molar refractivity (Wildman–Crippen MR) is 108 cm³/mol. The fraction of sp³-hybridized carbons (Fsp3) is 0.682. The summed E-state index contributed by atoms with van der Waals surface area (Å²) in [6, 6.07) is 2.29. The maximum atomic E-state index is 14.4. The van der Waals surface area contributed by atoms with Crippen LogP contribution in [0, 0.1) is 11.6 Å². The Labute approximate surface area is 171 Å². The third-order valence-corrected chi connectivity index (χ3v) is 6.71. The van der Waals surface area contributed by atoms with E-state index in [0.29, 0.717) is 30.8 Å². The number of morpholine rings is 1. The summed E-state index contributed by atoms with van der Waals surface area (Å²) in [4.78, 5) is 17.0. The summed E-state index contributed by atoms with van der Waals surface area (Å²) in [5.41, 5.74) is 1.04. The summed E-state index contributed by atoms with van der Waals surface area (Å²) in [6.45, 7) is 4.65. The first-order chi connectivity index (χ1) is 14.1. The van der Waals surface area contributed by atoms with Crippen molar-refractivity contribution in [3.63, 3.8) is 0 Å². The van der Waals surface area contributed by atoms with E-state index in [1.807, 2.05) is 0 Å². The zero-order valence-corrected chi connectivity index (χ0v) is 17.0. The van der Waals surface area contributed by atoms with Crippen molar-refractivity contribution in [2.45, 2.75) is 50.5 Å². The van der Waals surface area contributed by atoms with Crippen molar-refractivity contribution in [3.8, 4) is 0 Å². The lowest BCUT2D eigenvalue weighted by Gasteiger charge is -2.48. The molecule has 29 heavy (non-hydrogen) atoms. The smallest absolute Gasteiger partial charge is 0.239 e. The van der Waals surface area contributed by atoms with Crippen LogP contribution < -0.4 is 10.2 Å². The van der Waals surface area contributed by atoms with E-state index < -0.39 is 11.6 Å². The van der Waals surface area contributed by atoms with Crippen LogP contribution in [0.25, 0.3) is 0 Å². The first-order valence-corrected chi connectivity index (χ1v) is 10.9. The highest BCUT2D eigenvalue weighted by Crippen LogP contribution is 2.34. The van der Waals surface area contributed by atoms with Gasteiger partial charge >= 0.3 is 0 Å². The van der Waals surface area contributed by atoms with Crippen molar-refractivity contribution in [1.29, 1.82) is 0 Å². The summed E-state index contributed by atoms with van der Waals surface area (Å²) in [5, 5.41) is 3.14. The van der Waals surface area contributed by atoms with Crippen LogP contribution in [0.3, 0.4) is 0 Å². The molecule has 0 bridgehead atoms. The number of aryl methyl sites for hydroxylation is 1. The second kappa shape index (κ2) is 8.96. The molecule has 4 rings (SSSR count). The molecule has 0 atom stereocenters. The lowest BCUT2D eigenvalue weighted by molar-refractivity contribution is -0.121. The molecular weight excluding hydrogens is 376 g/mol. The van der Waals surface area contributed by atoms with Crippen molar-refractivity contribution in [3.05, 3.63) is 29.3 Å². The topological polar surface area (TPSA) is 44.8 Å². The highest BCUT2D eigenvalue weighted by molar-refractivity contribution is 5.82. The zero-order valence-electron chi connectivity index (χ0n) is 17.0. The molecular formula is C22H31F2N3O2. The number of amides is 1. The number of hydrogen-bond donors (Lipinski definition) is 1. The van der Waals surface area contributed by atoms with Gasteiger partial charge in [-0.1, -0.05) is 19.3 Å². The molecule has 0 aromatic heterocycles. The van der Waals surface area contributed by atoms with Gasteiger partial charge in [-0.05, 0) is 37.3 Å². The largest absolute Gasteiger partial charge is 0.379 e. The number of rotatable bonds is 5. The molecule has 2 fully saturated rings. The Morgan fingerprint density at radius 3 is 2.59 bits per heavy atom. The van der Waals surface area contributed by atoms with E-state index in [9.17, 15) is 13.6 Å². The van der Waals surface area contributed by atoms with Crippen molar-refractivity contribution < 1.29 is 18.3 Å². The molecule has 7 heteroatoms. The minimum Gasteiger partial charge on any atom is -0.379 e. The van der Waals surface area contributed by atoms with Crippen LogP contribution in [0.1, 0.15) is 44.1 Å². The molecule has 2 aliphatic heterocycles. The van der Waals surface area contributed by atoms with E-state index in [4.69, 9.17) is 4.74 Å². The third-order valence-electron chi connectivity index (χ3n) is 6.71. The van der Waals surface area contributed by atoms with Gasteiger partial charge in [-0.25, -0.2) is 8.78 Å². The Hall–Kier alpha value is -1.73. The second-order valence-corrected chi connectivity index (χ2v) is 8.58. The van der Waals surface area contributed by atoms with Gasteiger partial charge in [-0.3, -0.25) is 9.69 Å². The number of carbonyl (C=O) groups is 1. The molecule has 1 saturated carbocycles. The Balaban J connectivity index is 1.41. The Bertz CT molecular complexity index is 731. The van der Waals surface area contributed by atoms with E-state index in [1.165, 1.54) is 25.3 Å². The van der Waals surface area contributed by atoms with E-state index in [1.54, 1.807) is 4.90 Å². The van der Waals surface area contributed by atoms with Crippen molar-refractivity contribution in [2.24, 2.45) is 0 Å². The standard InChI is InChI=1S/C22H31F2N3O2/c23-18-13-17-5-4-8-26(21(17)19(24)14-18)15-20(28)25-16-22(6-2-1-3-7-22)27-9-11-29-12-10-27/h13-14H,1-12,15-16H2,(H,25,28). The Morgan fingerprint density at radius 1 is 1.07 bits per heavy atom. The Kier molecular flexibility index (Phi) is 6.35. The molecule has 3 aliphatic rings. The molecule has 0 radical (unpaired) electrons. The summed E-state index contributed by atoms with van der Waals surface area (Å²) in [5.74, 6) is -1.23. The first kappa shape index (κ1) is 20.5. The number of fused-ring (bicyclic) bond motifs is 1. The number of benzene rings is 1. The number of nitrogens with zero attached hydrogens (tertiary/aromatic N) is 2. The number of halogens is 2. The van der Waals surface area contributed by atoms with Crippen molar-refractivity contribution in [2.75, 3.05) is 50.8 Å². The molecule has 1 aliphatic carbocycles. The van der Waals surface area contributed by atoms with Crippen LogP contribution in [-0.4, -0.2) is 62.3 Å². The van der Waals surface area contributed by atoms with Gasteiger partial charge in [-0.2, -0.15) is 0 Å². The molecule has 1 aromatic carbocycles. The lowest BCUT2D eigenvalue weighted by Crippen LogP contribution is -2.60. The summed E-state index contributed by atoms with van der Waals surface area (Å²) < 4.78 is 33.4. The van der Waals surface area contributed by atoms with Gasteiger partial charge in [0, 0.05) is 37.8 Å². The van der Waals surface area contributed by atoms with Crippen LogP contribution in [0.15, 0.2) is 12.1 Å². The average molecular weight is 408 g/mol. The molecule has 1 amide bonds. The van der Waals surface area contributed by atoms with Gasteiger partial charge < -0.3 is 15.0 Å². The SMILES string of the molecule is O=C(CN1CCCc2cc(F)cc(F)c21)NCC1(N2CCOCC2)CCCCC1. The van der Waals surface area contributed by atoms with E-state index >= 15 is 0 Å². The van der Waals surface area contributed by atoms with Gasteiger partial charge in [0.2, 0.25) is 5.91 Å². The zero-order chi connectivity index (χ0) is 20.3. The molecule has 1 aromatic rings. The third kappa shape index (κ3) is 4.56. The number of nitrogens with one attached hydrogen (secondary N) is 1. The van der Waals surface area contributed by atoms with Gasteiger partial charge in [0.1, 0.15) is 11.6 Å². The number of carbonyl (C=O) groups excluding carboxylic acids is 1. The van der Waals surface area contributed by atoms with Crippen LogP contribution in [0.5, 0.6) is 0 Å². The summed E-state index contributed by atoms with van der Waals surface area (Å²) >= 11 is 0. The maximum Gasteiger partial charge on any atom is 0.239 e. The minimum absolute atomic E-state index is 0.00583. The van der Waals surface area contributed by atoms with E-state index in [0.717, 1.165) is 51.6 Å². The first-order valence-electron chi connectivity index (χ1n) is 10.9. The predicted octanol–water partition coefficient (Wildman–Crippen LogP) is 2.87. The molecule has 0 spiro atoms. The van der Waals surface area contributed by atoms with Gasteiger partial charge in [-0.15, -0.1) is 0 Å². The molecule has 1 N–H and O–H groups in total. The second-order valence-electron chi connectivity index (χ2n) is 8.58. The fourth-order valence-corrected chi connectivity index (χ4v) is 5.24. The molecule has 1 saturated heterocycles. The number of anilines is 1. The highest BCUT2D eigenvalue weighted by atomic mass is 19.1. The van der Waals surface area contributed by atoms with Crippen LogP contribution >= 0.6 is 0 Å². The fourth-order valence-electron chi connectivity index (χ4n) is 5.24. The monoisotopic (exact) mass is 407 g/mol. The Morgan fingerprint density at radius 2 is 1.83 bits per heavy atom. The molecule has 0 unspecified atom stereocenters. The maximum absolute atomic E-state index is 14.4. The number of hydrogen-bond acceptors (Lipinski definition) is 4. The van der Waals surface area contributed by atoms with E-state index in [-0.39, 0.29) is 18.0 Å². The van der Waals surface area contributed by atoms with Crippen LogP contribution in [0.2, 0.25) is 0 Å². The average Bonchev–Trinajstić information content (AvgIpc) is 2.73. The van der Waals surface area contributed by atoms with Gasteiger partial charge in [0.25, 0.3) is 0 Å². The van der Waals surface area contributed by atoms with Gasteiger partial charge in [0.15, 0.2) is 0 Å². The van der Waals surface area contributed by atoms with Crippen LogP contribution in [-0.2, 0) is 16.0 Å². The van der Waals surface area contributed by atoms with Gasteiger partial charge in [0.05, 0.1) is 25.4 Å². The lowest BCUT2D eigenvalue weighted by atomic mass is 9.79. The normalized spacial score (nSPS) is 22.2. The van der Waals surface area contributed by atoms with Crippen molar-refractivity contribution in [1.82, 2.24) is 10.2 Å². The van der Waals surface area contributed by atoms with Crippen LogP contribution in [0.4, 0.5) is 14.5 Å².